The Morgan fingerprint density at radius 1 is 1.07 bits per heavy atom. The highest BCUT2D eigenvalue weighted by Gasteiger charge is 2.37. The molecule has 6 nitrogen and oxygen atoms in total. The van der Waals surface area contributed by atoms with Crippen molar-refractivity contribution in [3.8, 4) is 10.6 Å². The molecule has 1 N–H and O–H groups in total. The van der Waals surface area contributed by atoms with Crippen LogP contribution in [-0.2, 0) is 19.1 Å². The number of carbonyl (C=O) groups excluding carboxylic acids is 2. The van der Waals surface area contributed by atoms with Crippen LogP contribution in [0.25, 0.3) is 10.6 Å². The summed E-state index contributed by atoms with van der Waals surface area (Å²) in [6, 6.07) is 7.68. The molecule has 1 aliphatic heterocycles. The SMILES string of the molecule is COC(=O)C1=C(C)NC(C)=C(C(=O)OC)C1c1cccc(-c2nccs2)c1. The van der Waals surface area contributed by atoms with Crippen molar-refractivity contribution in [2.45, 2.75) is 19.8 Å². The number of allylic oxidation sites excluding steroid dienone is 2. The lowest BCUT2D eigenvalue weighted by Gasteiger charge is -2.30. The fourth-order valence-corrected chi connectivity index (χ4v) is 3.94. The molecule has 0 spiro atoms. The second-order valence-corrected chi connectivity index (χ2v) is 6.98. The summed E-state index contributed by atoms with van der Waals surface area (Å²) in [6.07, 6.45) is 1.74. The lowest BCUT2D eigenvalue weighted by Crippen LogP contribution is -2.32. The maximum atomic E-state index is 12.5. The van der Waals surface area contributed by atoms with Gasteiger partial charge >= 0.3 is 11.9 Å². The first kappa shape index (κ1) is 18.8. The largest absolute Gasteiger partial charge is 0.466 e. The first-order valence-corrected chi connectivity index (χ1v) is 9.21. The molecule has 2 aromatic rings. The minimum Gasteiger partial charge on any atom is -0.466 e. The molecule has 0 amide bonds. The van der Waals surface area contributed by atoms with E-state index in [0.29, 0.717) is 22.5 Å². The number of methoxy groups -OCH3 is 2. The highest BCUT2D eigenvalue weighted by Crippen LogP contribution is 2.40. The van der Waals surface area contributed by atoms with Crippen molar-refractivity contribution in [3.05, 3.63) is 63.9 Å². The third kappa shape index (κ3) is 3.50. The van der Waals surface area contributed by atoms with E-state index in [4.69, 9.17) is 9.47 Å². The molecule has 0 bridgehead atoms. The van der Waals surface area contributed by atoms with E-state index in [9.17, 15) is 9.59 Å². The average molecular weight is 384 g/mol. The number of hydrogen-bond acceptors (Lipinski definition) is 7. The van der Waals surface area contributed by atoms with Gasteiger partial charge in [0.05, 0.1) is 31.3 Å². The molecule has 0 radical (unpaired) electrons. The minimum absolute atomic E-state index is 0.389. The second-order valence-electron chi connectivity index (χ2n) is 6.08. The first-order chi connectivity index (χ1) is 13.0. The van der Waals surface area contributed by atoms with E-state index >= 15 is 0 Å². The van der Waals surface area contributed by atoms with Crippen molar-refractivity contribution in [3.63, 3.8) is 0 Å². The van der Waals surface area contributed by atoms with Crippen LogP contribution in [0.4, 0.5) is 0 Å². The molecule has 3 rings (SSSR count). The van der Waals surface area contributed by atoms with Crippen LogP contribution < -0.4 is 5.32 Å². The number of thiazole rings is 1. The molecular weight excluding hydrogens is 364 g/mol. The summed E-state index contributed by atoms with van der Waals surface area (Å²) >= 11 is 1.52. The van der Waals surface area contributed by atoms with Crippen molar-refractivity contribution in [2.24, 2.45) is 0 Å². The number of rotatable bonds is 4. The van der Waals surface area contributed by atoms with Crippen LogP contribution in [0.1, 0.15) is 25.3 Å². The second kappa shape index (κ2) is 7.75. The van der Waals surface area contributed by atoms with Gasteiger partial charge in [-0.2, -0.15) is 0 Å². The molecule has 140 valence electrons. The third-order valence-electron chi connectivity index (χ3n) is 4.47. The molecule has 27 heavy (non-hydrogen) atoms. The van der Waals surface area contributed by atoms with Gasteiger partial charge in [-0.1, -0.05) is 18.2 Å². The van der Waals surface area contributed by atoms with Gasteiger partial charge in [0.15, 0.2) is 0 Å². The monoisotopic (exact) mass is 384 g/mol. The van der Waals surface area contributed by atoms with Gasteiger partial charge in [0.1, 0.15) is 5.01 Å². The number of carbonyl (C=O) groups is 2. The number of ether oxygens (including phenoxy) is 2. The van der Waals surface area contributed by atoms with Gasteiger partial charge in [-0.3, -0.25) is 0 Å². The molecule has 1 aromatic heterocycles. The highest BCUT2D eigenvalue weighted by atomic mass is 32.1. The molecule has 1 aliphatic rings. The van der Waals surface area contributed by atoms with Crippen molar-refractivity contribution in [1.29, 1.82) is 0 Å². The average Bonchev–Trinajstić information content (AvgIpc) is 3.21. The van der Waals surface area contributed by atoms with Crippen molar-refractivity contribution in [2.75, 3.05) is 14.2 Å². The van der Waals surface area contributed by atoms with E-state index in [1.165, 1.54) is 25.6 Å². The molecule has 0 atom stereocenters. The molecule has 1 aromatic carbocycles. The fraction of sp³-hybridized carbons (Fsp3) is 0.250. The Hall–Kier alpha value is -2.93. The van der Waals surface area contributed by atoms with Crippen LogP contribution in [0.15, 0.2) is 58.4 Å². The Morgan fingerprint density at radius 2 is 1.70 bits per heavy atom. The van der Waals surface area contributed by atoms with Gasteiger partial charge in [0.25, 0.3) is 0 Å². The zero-order valence-corrected chi connectivity index (χ0v) is 16.3. The Bertz CT molecular complexity index is 907. The van der Waals surface area contributed by atoms with Crippen LogP contribution in [-0.4, -0.2) is 31.1 Å². The van der Waals surface area contributed by atoms with Gasteiger partial charge in [-0.15, -0.1) is 11.3 Å². The van der Waals surface area contributed by atoms with E-state index in [2.05, 4.69) is 10.3 Å². The molecule has 0 saturated heterocycles. The standard InChI is InChI=1S/C20H20N2O4S/c1-11-15(19(23)25-3)17(16(12(2)22-11)20(24)26-4)13-6-5-7-14(10-13)18-21-8-9-27-18/h5-10,17,22H,1-4H3. The summed E-state index contributed by atoms with van der Waals surface area (Å²) in [4.78, 5) is 29.4. The zero-order chi connectivity index (χ0) is 19.6. The summed E-state index contributed by atoms with van der Waals surface area (Å²) in [5.74, 6) is -1.57. The van der Waals surface area contributed by atoms with Gasteiger partial charge in [0, 0.05) is 28.5 Å². The molecule has 0 saturated carbocycles. The predicted molar refractivity (Wildman–Crippen MR) is 103 cm³/mol. The molecule has 2 heterocycles. The smallest absolute Gasteiger partial charge is 0.336 e. The number of nitrogens with zero attached hydrogens (tertiary/aromatic N) is 1. The van der Waals surface area contributed by atoms with E-state index < -0.39 is 17.9 Å². The van der Waals surface area contributed by atoms with E-state index in [-0.39, 0.29) is 0 Å². The molecule has 7 heteroatoms. The lowest BCUT2D eigenvalue weighted by atomic mass is 9.80. The topological polar surface area (TPSA) is 77.5 Å². The Kier molecular flexibility index (Phi) is 5.41. The highest BCUT2D eigenvalue weighted by molar-refractivity contribution is 7.13. The van der Waals surface area contributed by atoms with E-state index in [0.717, 1.165) is 16.1 Å². The summed E-state index contributed by atoms with van der Waals surface area (Å²) in [5.41, 5.74) is 3.79. The van der Waals surface area contributed by atoms with E-state index in [1.54, 1.807) is 20.0 Å². The quantitative estimate of drug-likeness (QED) is 0.814. The van der Waals surface area contributed by atoms with Gasteiger partial charge < -0.3 is 14.8 Å². The van der Waals surface area contributed by atoms with Crippen molar-refractivity contribution in [1.82, 2.24) is 10.3 Å². The number of dihydropyridines is 1. The number of esters is 2. The van der Waals surface area contributed by atoms with Crippen molar-refractivity contribution >= 4 is 23.3 Å². The summed E-state index contributed by atoms with van der Waals surface area (Å²) in [7, 11) is 2.66. The maximum absolute atomic E-state index is 12.5. The molecular formula is C20H20N2O4S. The van der Waals surface area contributed by atoms with Crippen LogP contribution >= 0.6 is 11.3 Å². The number of aromatic nitrogens is 1. The van der Waals surface area contributed by atoms with Gasteiger partial charge in [-0.25, -0.2) is 14.6 Å². The number of nitrogens with one attached hydrogen (secondary N) is 1. The minimum atomic E-state index is -0.592. The van der Waals surface area contributed by atoms with Crippen LogP contribution in [0.3, 0.4) is 0 Å². The Morgan fingerprint density at radius 3 is 2.22 bits per heavy atom. The Balaban J connectivity index is 2.20. The molecule has 0 aliphatic carbocycles. The van der Waals surface area contributed by atoms with Crippen LogP contribution in [0.5, 0.6) is 0 Å². The lowest BCUT2D eigenvalue weighted by molar-refractivity contribution is -0.137. The molecule has 0 unspecified atom stereocenters. The number of benzene rings is 1. The third-order valence-corrected chi connectivity index (χ3v) is 5.29. The summed E-state index contributed by atoms with van der Waals surface area (Å²) in [6.45, 7) is 3.59. The fourth-order valence-electron chi connectivity index (χ4n) is 3.31. The summed E-state index contributed by atoms with van der Waals surface area (Å²) in [5, 5.41) is 5.87. The predicted octanol–water partition coefficient (Wildman–Crippen LogP) is 3.39. The van der Waals surface area contributed by atoms with Crippen molar-refractivity contribution < 1.29 is 19.1 Å². The van der Waals surface area contributed by atoms with Gasteiger partial charge in [0.2, 0.25) is 0 Å². The first-order valence-electron chi connectivity index (χ1n) is 8.33. The number of hydrogen-bond donors (Lipinski definition) is 1. The zero-order valence-electron chi connectivity index (χ0n) is 15.5. The van der Waals surface area contributed by atoms with Gasteiger partial charge in [-0.05, 0) is 25.5 Å². The summed E-state index contributed by atoms with van der Waals surface area (Å²) < 4.78 is 9.98. The van der Waals surface area contributed by atoms with Crippen LogP contribution in [0, 0.1) is 0 Å². The molecule has 0 fully saturated rings. The van der Waals surface area contributed by atoms with Crippen LogP contribution in [0.2, 0.25) is 0 Å². The normalized spacial score (nSPS) is 14.8. The Labute approximate surface area is 161 Å². The maximum Gasteiger partial charge on any atom is 0.336 e. The van der Waals surface area contributed by atoms with E-state index in [1.807, 2.05) is 29.6 Å².